The zero-order chi connectivity index (χ0) is 15.0. The summed E-state index contributed by atoms with van der Waals surface area (Å²) in [6.07, 6.45) is 8.30. The minimum absolute atomic E-state index is 0.000357. The summed E-state index contributed by atoms with van der Waals surface area (Å²) < 4.78 is 0. The van der Waals surface area contributed by atoms with E-state index < -0.39 is 0 Å². The largest absolute Gasteiger partial charge is 0.507 e. The fraction of sp³-hybridized carbons (Fsp3) is 0.632. The van der Waals surface area contributed by atoms with E-state index in [1.54, 1.807) is 0 Å². The van der Waals surface area contributed by atoms with Gasteiger partial charge in [-0.05, 0) is 49.0 Å². The zero-order valence-electron chi connectivity index (χ0n) is 13.5. The topological polar surface area (TPSA) is 32.6 Å². The first kappa shape index (κ1) is 14.6. The number of rotatable bonds is 4. The van der Waals surface area contributed by atoms with Crippen LogP contribution in [0, 0.1) is 11.8 Å². The Hall–Kier alpha value is -1.31. The first-order chi connectivity index (χ1) is 10.0. The predicted molar refractivity (Wildman–Crippen MR) is 88.3 cm³/mol. The number of nitrogens with zero attached hydrogens (tertiary/aromatic N) is 1. The molecule has 0 aliphatic heterocycles. The highest BCUT2D eigenvalue weighted by Crippen LogP contribution is 2.46. The lowest BCUT2D eigenvalue weighted by Crippen LogP contribution is -2.16. The zero-order valence-corrected chi connectivity index (χ0v) is 13.5. The molecule has 2 heteroatoms. The van der Waals surface area contributed by atoms with Crippen molar-refractivity contribution in [3.63, 3.8) is 0 Å². The van der Waals surface area contributed by atoms with Crippen molar-refractivity contribution in [2.24, 2.45) is 16.8 Å². The number of phenolic OH excluding ortho intramolecular Hbond substituents is 1. The summed E-state index contributed by atoms with van der Waals surface area (Å²) in [7, 11) is 0. The van der Waals surface area contributed by atoms with Crippen LogP contribution in [0.15, 0.2) is 23.2 Å². The van der Waals surface area contributed by atoms with E-state index >= 15 is 0 Å². The number of aromatic hydroxyl groups is 1. The van der Waals surface area contributed by atoms with Gasteiger partial charge >= 0.3 is 0 Å². The summed E-state index contributed by atoms with van der Waals surface area (Å²) in [6, 6.07) is 6.54. The predicted octanol–water partition coefficient (Wildman–Crippen LogP) is 4.69. The number of phenols is 1. The molecule has 0 radical (unpaired) electrons. The first-order valence-corrected chi connectivity index (χ1v) is 8.37. The molecular formula is C19H27NO. The molecule has 21 heavy (non-hydrogen) atoms. The second-order valence-corrected chi connectivity index (χ2v) is 7.50. The van der Waals surface area contributed by atoms with Gasteiger partial charge in [0.1, 0.15) is 5.75 Å². The Morgan fingerprint density at radius 1 is 1.29 bits per heavy atom. The summed E-state index contributed by atoms with van der Waals surface area (Å²) in [5.41, 5.74) is 1.90. The molecule has 0 amide bonds. The number of aliphatic imine (C=N–C) groups is 1. The molecule has 0 heterocycles. The van der Waals surface area contributed by atoms with Crippen LogP contribution in [-0.4, -0.2) is 17.4 Å². The van der Waals surface area contributed by atoms with E-state index in [-0.39, 0.29) is 5.41 Å². The molecule has 3 unspecified atom stereocenters. The van der Waals surface area contributed by atoms with Crippen LogP contribution in [0.25, 0.3) is 0 Å². The molecule has 3 rings (SSSR count). The van der Waals surface area contributed by atoms with Crippen molar-refractivity contribution >= 4 is 6.21 Å². The smallest absolute Gasteiger partial charge is 0.128 e. The van der Waals surface area contributed by atoms with Crippen molar-refractivity contribution in [3.05, 3.63) is 29.3 Å². The SMILES string of the molecule is CCC(C)(C)c1cccc(C=NC2CC3CCC2C3)c1O. The van der Waals surface area contributed by atoms with Gasteiger partial charge in [-0.3, -0.25) is 4.99 Å². The minimum Gasteiger partial charge on any atom is -0.507 e. The molecule has 3 atom stereocenters. The van der Waals surface area contributed by atoms with Crippen molar-refractivity contribution in [2.75, 3.05) is 0 Å². The molecule has 2 aliphatic carbocycles. The van der Waals surface area contributed by atoms with Crippen LogP contribution in [0.4, 0.5) is 0 Å². The maximum Gasteiger partial charge on any atom is 0.128 e. The Morgan fingerprint density at radius 3 is 2.71 bits per heavy atom. The average molecular weight is 285 g/mol. The fourth-order valence-corrected chi connectivity index (χ4v) is 3.97. The van der Waals surface area contributed by atoms with Crippen molar-refractivity contribution in [1.29, 1.82) is 0 Å². The Kier molecular flexibility index (Phi) is 3.81. The number of hydrogen-bond donors (Lipinski definition) is 1. The molecule has 0 aromatic heterocycles. The molecule has 1 aromatic rings. The monoisotopic (exact) mass is 285 g/mol. The molecule has 2 bridgehead atoms. The molecule has 0 saturated heterocycles. The molecule has 1 N–H and O–H groups in total. The summed E-state index contributed by atoms with van der Waals surface area (Å²) in [5.74, 6) is 2.12. The summed E-state index contributed by atoms with van der Waals surface area (Å²) >= 11 is 0. The van der Waals surface area contributed by atoms with Crippen molar-refractivity contribution in [2.45, 2.75) is 64.3 Å². The van der Waals surface area contributed by atoms with E-state index in [1.807, 2.05) is 24.4 Å². The molecule has 0 spiro atoms. The normalized spacial score (nSPS) is 28.6. The molecule has 1 aromatic carbocycles. The Bertz CT molecular complexity index is 546. The maximum atomic E-state index is 10.6. The third kappa shape index (κ3) is 2.73. The van der Waals surface area contributed by atoms with Gasteiger partial charge in [0.2, 0.25) is 0 Å². The fourth-order valence-electron chi connectivity index (χ4n) is 3.97. The molecule has 2 saturated carbocycles. The van der Waals surface area contributed by atoms with Gasteiger partial charge < -0.3 is 5.11 Å². The van der Waals surface area contributed by atoms with E-state index in [4.69, 9.17) is 4.99 Å². The lowest BCUT2D eigenvalue weighted by atomic mass is 9.81. The highest BCUT2D eigenvalue weighted by molar-refractivity contribution is 5.84. The van der Waals surface area contributed by atoms with E-state index in [0.29, 0.717) is 11.8 Å². The van der Waals surface area contributed by atoms with Gasteiger partial charge in [0.25, 0.3) is 0 Å². The highest BCUT2D eigenvalue weighted by Gasteiger charge is 2.39. The van der Waals surface area contributed by atoms with E-state index in [2.05, 4.69) is 20.8 Å². The standard InChI is InChI=1S/C19H27NO/c1-4-19(2,3)16-7-5-6-15(18(16)21)12-20-17-11-13-8-9-14(17)10-13/h5-7,12-14,17,21H,4,8-11H2,1-3H3. The third-order valence-electron chi connectivity index (χ3n) is 5.79. The number of fused-ring (bicyclic) bond motifs is 2. The average Bonchev–Trinajstić information content (AvgIpc) is 3.08. The summed E-state index contributed by atoms with van der Waals surface area (Å²) in [6.45, 7) is 6.52. The van der Waals surface area contributed by atoms with Gasteiger partial charge in [-0.25, -0.2) is 0 Å². The number of benzene rings is 1. The third-order valence-corrected chi connectivity index (χ3v) is 5.79. The van der Waals surface area contributed by atoms with Crippen molar-refractivity contribution in [1.82, 2.24) is 0 Å². The molecule has 114 valence electrons. The van der Waals surface area contributed by atoms with Crippen molar-refractivity contribution in [3.8, 4) is 5.75 Å². The Morgan fingerprint density at radius 2 is 2.10 bits per heavy atom. The van der Waals surface area contributed by atoms with Gasteiger partial charge in [-0.1, -0.05) is 39.3 Å². The number of para-hydroxylation sites is 1. The molecular weight excluding hydrogens is 258 g/mol. The van der Waals surface area contributed by atoms with Crippen LogP contribution in [-0.2, 0) is 5.41 Å². The van der Waals surface area contributed by atoms with Gasteiger partial charge in [0.15, 0.2) is 0 Å². The molecule has 2 fully saturated rings. The molecule has 2 nitrogen and oxygen atoms in total. The highest BCUT2D eigenvalue weighted by atomic mass is 16.3. The van der Waals surface area contributed by atoms with Crippen molar-refractivity contribution < 1.29 is 5.11 Å². The molecule has 2 aliphatic rings. The van der Waals surface area contributed by atoms with Crippen LogP contribution in [0.3, 0.4) is 0 Å². The van der Waals surface area contributed by atoms with Crippen LogP contribution < -0.4 is 0 Å². The summed E-state index contributed by atoms with van der Waals surface area (Å²) in [4.78, 5) is 4.80. The lowest BCUT2D eigenvalue weighted by molar-refractivity contribution is 0.420. The lowest BCUT2D eigenvalue weighted by Gasteiger charge is -2.25. The van der Waals surface area contributed by atoms with Crippen LogP contribution >= 0.6 is 0 Å². The minimum atomic E-state index is 0.000357. The van der Waals surface area contributed by atoms with E-state index in [1.165, 1.54) is 25.7 Å². The van der Waals surface area contributed by atoms with Gasteiger partial charge in [0, 0.05) is 17.3 Å². The van der Waals surface area contributed by atoms with Gasteiger partial charge in [-0.15, -0.1) is 0 Å². The second-order valence-electron chi connectivity index (χ2n) is 7.50. The van der Waals surface area contributed by atoms with E-state index in [0.717, 1.165) is 29.4 Å². The Labute approximate surface area is 128 Å². The van der Waals surface area contributed by atoms with E-state index in [9.17, 15) is 5.11 Å². The Balaban J connectivity index is 1.81. The van der Waals surface area contributed by atoms with Gasteiger partial charge in [0.05, 0.1) is 6.04 Å². The number of hydrogen-bond acceptors (Lipinski definition) is 2. The second kappa shape index (κ2) is 5.47. The van der Waals surface area contributed by atoms with Gasteiger partial charge in [-0.2, -0.15) is 0 Å². The van der Waals surface area contributed by atoms with Crippen LogP contribution in [0.5, 0.6) is 5.75 Å². The maximum absolute atomic E-state index is 10.6. The van der Waals surface area contributed by atoms with Crippen LogP contribution in [0.1, 0.15) is 64.0 Å². The first-order valence-electron chi connectivity index (χ1n) is 8.37. The summed E-state index contributed by atoms with van der Waals surface area (Å²) in [5, 5.41) is 10.6. The van der Waals surface area contributed by atoms with Crippen LogP contribution in [0.2, 0.25) is 0 Å². The quantitative estimate of drug-likeness (QED) is 0.800.